The van der Waals surface area contributed by atoms with Gasteiger partial charge in [-0.05, 0) is 18.2 Å². The summed E-state index contributed by atoms with van der Waals surface area (Å²) in [5, 5.41) is 8.71. The molecule has 0 aliphatic rings. The number of hydrogen-bond acceptors (Lipinski definition) is 2. The summed E-state index contributed by atoms with van der Waals surface area (Å²) in [5.41, 5.74) is 0.328. The second-order valence-corrected chi connectivity index (χ2v) is 3.53. The first kappa shape index (κ1) is 9.86. The van der Waals surface area contributed by atoms with Crippen molar-refractivity contribution in [2.24, 2.45) is 0 Å². The SMILES string of the molecule is C=CCSc1cccc(C(=O)O)c1. The quantitative estimate of drug-likeness (QED) is 0.591. The van der Waals surface area contributed by atoms with E-state index in [-0.39, 0.29) is 0 Å². The van der Waals surface area contributed by atoms with Crippen LogP contribution in [0.25, 0.3) is 0 Å². The maximum absolute atomic E-state index is 10.6. The van der Waals surface area contributed by atoms with Crippen molar-refractivity contribution in [2.75, 3.05) is 5.75 Å². The summed E-state index contributed by atoms with van der Waals surface area (Å²) in [6.45, 7) is 3.60. The van der Waals surface area contributed by atoms with Crippen LogP contribution in [0.5, 0.6) is 0 Å². The molecule has 0 spiro atoms. The van der Waals surface area contributed by atoms with Gasteiger partial charge >= 0.3 is 5.97 Å². The van der Waals surface area contributed by atoms with Crippen molar-refractivity contribution in [2.45, 2.75) is 4.90 Å². The number of hydrogen-bond donors (Lipinski definition) is 1. The summed E-state index contributed by atoms with van der Waals surface area (Å²) in [6, 6.07) is 6.88. The first-order chi connectivity index (χ1) is 6.24. The Morgan fingerprint density at radius 3 is 3.00 bits per heavy atom. The van der Waals surface area contributed by atoms with Gasteiger partial charge in [-0.2, -0.15) is 0 Å². The summed E-state index contributed by atoms with van der Waals surface area (Å²) in [6.07, 6.45) is 1.79. The predicted molar refractivity (Wildman–Crippen MR) is 54.3 cm³/mol. The Morgan fingerprint density at radius 1 is 1.62 bits per heavy atom. The molecule has 1 aromatic carbocycles. The number of carboxylic acid groups (broad SMARTS) is 1. The van der Waals surface area contributed by atoms with Crippen LogP contribution >= 0.6 is 11.8 Å². The van der Waals surface area contributed by atoms with E-state index in [1.54, 1.807) is 36.0 Å². The van der Waals surface area contributed by atoms with Gasteiger partial charge in [-0.25, -0.2) is 4.79 Å². The standard InChI is InChI=1S/C10H10O2S/c1-2-6-13-9-5-3-4-8(7-9)10(11)12/h2-5,7H,1,6H2,(H,11,12). The lowest BCUT2D eigenvalue weighted by Crippen LogP contribution is -1.95. The van der Waals surface area contributed by atoms with E-state index in [2.05, 4.69) is 6.58 Å². The Bertz CT molecular complexity index is 320. The van der Waals surface area contributed by atoms with Gasteiger partial charge in [0.15, 0.2) is 0 Å². The van der Waals surface area contributed by atoms with Gasteiger partial charge in [0.1, 0.15) is 0 Å². The number of carboxylic acids is 1. The van der Waals surface area contributed by atoms with Crippen LogP contribution in [0.3, 0.4) is 0 Å². The van der Waals surface area contributed by atoms with Crippen molar-refractivity contribution in [1.82, 2.24) is 0 Å². The van der Waals surface area contributed by atoms with Crippen LogP contribution in [-0.2, 0) is 0 Å². The lowest BCUT2D eigenvalue weighted by molar-refractivity contribution is 0.0696. The Balaban J connectivity index is 2.79. The minimum Gasteiger partial charge on any atom is -0.478 e. The highest BCUT2D eigenvalue weighted by Gasteiger charge is 2.02. The van der Waals surface area contributed by atoms with Gasteiger partial charge in [-0.15, -0.1) is 18.3 Å². The van der Waals surface area contributed by atoms with Crippen molar-refractivity contribution >= 4 is 17.7 Å². The normalized spacial score (nSPS) is 9.54. The summed E-state index contributed by atoms with van der Waals surface area (Å²) in [5.74, 6) is -0.0932. The molecule has 0 saturated heterocycles. The number of benzene rings is 1. The second kappa shape index (κ2) is 4.72. The molecule has 0 atom stereocenters. The molecule has 0 aromatic heterocycles. The maximum Gasteiger partial charge on any atom is 0.335 e. The lowest BCUT2D eigenvalue weighted by atomic mass is 10.2. The van der Waals surface area contributed by atoms with Gasteiger partial charge in [-0.1, -0.05) is 12.1 Å². The van der Waals surface area contributed by atoms with Crippen molar-refractivity contribution in [3.05, 3.63) is 42.5 Å². The van der Waals surface area contributed by atoms with Crippen LogP contribution in [0.2, 0.25) is 0 Å². The van der Waals surface area contributed by atoms with Gasteiger partial charge in [0.2, 0.25) is 0 Å². The fourth-order valence-corrected chi connectivity index (χ4v) is 1.57. The number of aromatic carboxylic acids is 1. The van der Waals surface area contributed by atoms with Crippen molar-refractivity contribution in [3.8, 4) is 0 Å². The molecule has 0 saturated carbocycles. The second-order valence-electron chi connectivity index (χ2n) is 2.43. The lowest BCUT2D eigenvalue weighted by Gasteiger charge is -1.99. The maximum atomic E-state index is 10.6. The zero-order valence-corrected chi connectivity index (χ0v) is 7.88. The number of carbonyl (C=O) groups is 1. The minimum atomic E-state index is -0.888. The van der Waals surface area contributed by atoms with Gasteiger partial charge in [0.25, 0.3) is 0 Å². The van der Waals surface area contributed by atoms with E-state index < -0.39 is 5.97 Å². The first-order valence-corrected chi connectivity index (χ1v) is 4.79. The molecule has 2 nitrogen and oxygen atoms in total. The predicted octanol–water partition coefficient (Wildman–Crippen LogP) is 2.66. The van der Waals surface area contributed by atoms with Gasteiger partial charge in [-0.3, -0.25) is 0 Å². The molecule has 0 radical (unpaired) electrons. The van der Waals surface area contributed by atoms with Crippen LogP contribution in [0, 0.1) is 0 Å². The Labute approximate surface area is 81.3 Å². The zero-order valence-electron chi connectivity index (χ0n) is 7.06. The molecule has 3 heteroatoms. The minimum absolute atomic E-state index is 0.328. The van der Waals surface area contributed by atoms with Crippen molar-refractivity contribution in [3.63, 3.8) is 0 Å². The average Bonchev–Trinajstić information content (AvgIpc) is 2.15. The molecule has 1 aromatic rings. The van der Waals surface area contributed by atoms with E-state index >= 15 is 0 Å². The van der Waals surface area contributed by atoms with Gasteiger partial charge in [0.05, 0.1) is 5.56 Å². The van der Waals surface area contributed by atoms with E-state index in [1.807, 2.05) is 6.07 Å². The molecule has 0 fully saturated rings. The highest BCUT2D eigenvalue weighted by atomic mass is 32.2. The molecule has 1 N–H and O–H groups in total. The number of thioether (sulfide) groups is 1. The Kier molecular flexibility index (Phi) is 3.58. The molecule has 1 rings (SSSR count). The van der Waals surface area contributed by atoms with E-state index in [4.69, 9.17) is 5.11 Å². The monoisotopic (exact) mass is 194 g/mol. The molecule has 0 aliphatic carbocycles. The van der Waals surface area contributed by atoms with Gasteiger partial charge < -0.3 is 5.11 Å². The largest absolute Gasteiger partial charge is 0.478 e. The highest BCUT2D eigenvalue weighted by Crippen LogP contribution is 2.18. The van der Waals surface area contributed by atoms with Crippen molar-refractivity contribution < 1.29 is 9.90 Å². The van der Waals surface area contributed by atoms with E-state index in [1.165, 1.54) is 0 Å². The van der Waals surface area contributed by atoms with Crippen LogP contribution in [0.15, 0.2) is 41.8 Å². The zero-order chi connectivity index (χ0) is 9.68. The molecule has 0 bridgehead atoms. The van der Waals surface area contributed by atoms with E-state index in [9.17, 15) is 4.79 Å². The Morgan fingerprint density at radius 2 is 2.38 bits per heavy atom. The summed E-state index contributed by atoms with van der Waals surface area (Å²) >= 11 is 1.57. The fraction of sp³-hybridized carbons (Fsp3) is 0.100. The topological polar surface area (TPSA) is 37.3 Å². The summed E-state index contributed by atoms with van der Waals surface area (Å²) < 4.78 is 0. The third-order valence-electron chi connectivity index (χ3n) is 1.45. The first-order valence-electron chi connectivity index (χ1n) is 3.81. The van der Waals surface area contributed by atoms with Crippen LogP contribution < -0.4 is 0 Å². The molecule has 13 heavy (non-hydrogen) atoms. The van der Waals surface area contributed by atoms with Crippen LogP contribution in [0.1, 0.15) is 10.4 Å². The van der Waals surface area contributed by atoms with Crippen LogP contribution in [-0.4, -0.2) is 16.8 Å². The smallest absolute Gasteiger partial charge is 0.335 e. The van der Waals surface area contributed by atoms with E-state index in [0.717, 1.165) is 10.6 Å². The summed E-state index contributed by atoms with van der Waals surface area (Å²) in [7, 11) is 0. The third-order valence-corrected chi connectivity index (χ3v) is 2.44. The highest BCUT2D eigenvalue weighted by molar-refractivity contribution is 7.99. The Hall–Kier alpha value is -1.22. The average molecular weight is 194 g/mol. The third kappa shape index (κ3) is 2.95. The van der Waals surface area contributed by atoms with E-state index in [0.29, 0.717) is 5.56 Å². The van der Waals surface area contributed by atoms with Crippen molar-refractivity contribution in [1.29, 1.82) is 0 Å². The fourth-order valence-electron chi connectivity index (χ4n) is 0.874. The molecule has 0 heterocycles. The molecule has 0 unspecified atom stereocenters. The molecule has 68 valence electrons. The molecule has 0 aliphatic heterocycles. The molecular formula is C10H10O2S. The van der Waals surface area contributed by atoms with Crippen LogP contribution in [0.4, 0.5) is 0 Å². The molecule has 0 amide bonds. The summed E-state index contributed by atoms with van der Waals surface area (Å²) in [4.78, 5) is 11.6. The number of rotatable bonds is 4. The molecular weight excluding hydrogens is 184 g/mol. The van der Waals surface area contributed by atoms with Gasteiger partial charge in [0, 0.05) is 10.6 Å².